The molecule has 0 aliphatic heterocycles. The van der Waals surface area contributed by atoms with Crippen molar-refractivity contribution in [1.82, 2.24) is 0 Å². The van der Waals surface area contributed by atoms with Crippen molar-refractivity contribution in [1.29, 1.82) is 0 Å². The fraction of sp³-hybridized carbons (Fsp3) is 0.562. The Bertz CT molecular complexity index is 356. The summed E-state index contributed by atoms with van der Waals surface area (Å²) in [5, 5.41) is 0. The lowest BCUT2D eigenvalue weighted by atomic mass is 9.96. The maximum absolute atomic E-state index is 12.1. The van der Waals surface area contributed by atoms with Gasteiger partial charge in [0.05, 0.1) is 0 Å². The van der Waals surface area contributed by atoms with E-state index in [0.29, 0.717) is 26.1 Å². The van der Waals surface area contributed by atoms with Gasteiger partial charge in [0.25, 0.3) is 0 Å². The monoisotopic (exact) mass is 264 g/mol. The molecular weight excluding hydrogens is 240 g/mol. The zero-order valence-corrected chi connectivity index (χ0v) is 12.1. The summed E-state index contributed by atoms with van der Waals surface area (Å²) < 4.78 is 11.0. The van der Waals surface area contributed by atoms with Gasteiger partial charge in [-0.05, 0) is 19.4 Å². The molecule has 0 saturated carbocycles. The summed E-state index contributed by atoms with van der Waals surface area (Å²) in [6.07, 6.45) is 0.824. The van der Waals surface area contributed by atoms with Gasteiger partial charge in [-0.3, -0.25) is 4.79 Å². The Balaban J connectivity index is 2.47. The van der Waals surface area contributed by atoms with Crippen molar-refractivity contribution in [2.45, 2.75) is 39.9 Å². The summed E-state index contributed by atoms with van der Waals surface area (Å²) in [4.78, 5) is 12.1. The Morgan fingerprint density at radius 1 is 1.11 bits per heavy atom. The molecule has 1 rings (SSSR count). The smallest absolute Gasteiger partial charge is 0.158 e. The van der Waals surface area contributed by atoms with E-state index in [9.17, 15) is 4.79 Å². The van der Waals surface area contributed by atoms with Crippen molar-refractivity contribution in [3.63, 3.8) is 0 Å². The minimum Gasteiger partial charge on any atom is -0.353 e. The Kier molecular flexibility index (Phi) is 7.38. The molecule has 1 atom stereocenters. The fourth-order valence-corrected chi connectivity index (χ4v) is 1.95. The Hall–Kier alpha value is -1.19. The van der Waals surface area contributed by atoms with Crippen LogP contribution in [0.3, 0.4) is 0 Å². The Morgan fingerprint density at radius 2 is 1.68 bits per heavy atom. The molecule has 0 heterocycles. The van der Waals surface area contributed by atoms with Crippen LogP contribution in [0.25, 0.3) is 0 Å². The average Bonchev–Trinajstić information content (AvgIpc) is 2.40. The van der Waals surface area contributed by atoms with Crippen molar-refractivity contribution < 1.29 is 14.3 Å². The first-order valence-electron chi connectivity index (χ1n) is 6.97. The van der Waals surface area contributed by atoms with E-state index >= 15 is 0 Å². The predicted molar refractivity (Wildman–Crippen MR) is 76.0 cm³/mol. The maximum Gasteiger partial charge on any atom is 0.158 e. The van der Waals surface area contributed by atoms with Crippen LogP contribution in [0, 0.1) is 5.92 Å². The number of Topliss-reactive ketones (excluding diaryl/α,β-unsaturated/α-hetero) is 1. The molecule has 0 saturated heterocycles. The largest absolute Gasteiger partial charge is 0.353 e. The molecule has 3 heteroatoms. The number of ketones is 1. The van der Waals surface area contributed by atoms with Gasteiger partial charge in [0.1, 0.15) is 5.78 Å². The number of rotatable bonds is 9. The first kappa shape index (κ1) is 15.9. The molecule has 106 valence electrons. The molecule has 0 aliphatic carbocycles. The molecule has 1 aromatic carbocycles. The highest BCUT2D eigenvalue weighted by Gasteiger charge is 2.19. The molecular formula is C16H24O3. The number of carbonyl (C=O) groups excluding carboxylic acids is 1. The second kappa shape index (κ2) is 8.83. The topological polar surface area (TPSA) is 35.5 Å². The molecule has 0 bridgehead atoms. The van der Waals surface area contributed by atoms with E-state index < -0.39 is 0 Å². The van der Waals surface area contributed by atoms with E-state index in [4.69, 9.17) is 9.47 Å². The second-order valence-corrected chi connectivity index (χ2v) is 4.61. The van der Waals surface area contributed by atoms with Crippen molar-refractivity contribution in [2.24, 2.45) is 5.92 Å². The van der Waals surface area contributed by atoms with Crippen molar-refractivity contribution >= 4 is 5.78 Å². The van der Waals surface area contributed by atoms with Crippen LogP contribution in [0.5, 0.6) is 0 Å². The highest BCUT2D eigenvalue weighted by molar-refractivity contribution is 5.82. The summed E-state index contributed by atoms with van der Waals surface area (Å²) >= 11 is 0. The number of ether oxygens (including phenoxy) is 2. The van der Waals surface area contributed by atoms with Crippen LogP contribution in [-0.4, -0.2) is 25.3 Å². The van der Waals surface area contributed by atoms with Crippen LogP contribution in [0.15, 0.2) is 30.3 Å². The van der Waals surface area contributed by atoms with Crippen LogP contribution < -0.4 is 0 Å². The zero-order valence-electron chi connectivity index (χ0n) is 12.1. The summed E-state index contributed by atoms with van der Waals surface area (Å²) in [6.45, 7) is 7.01. The number of hydrogen-bond donors (Lipinski definition) is 0. The van der Waals surface area contributed by atoms with Gasteiger partial charge in [-0.15, -0.1) is 0 Å². The highest BCUT2D eigenvalue weighted by atomic mass is 16.7. The average molecular weight is 264 g/mol. The van der Waals surface area contributed by atoms with Crippen LogP contribution in [-0.2, 0) is 20.7 Å². The van der Waals surface area contributed by atoms with Crippen molar-refractivity contribution in [2.75, 3.05) is 13.2 Å². The Labute approximate surface area is 115 Å². The molecule has 0 N–H and O–H groups in total. The van der Waals surface area contributed by atoms with Crippen LogP contribution in [0.1, 0.15) is 32.8 Å². The lowest BCUT2D eigenvalue weighted by molar-refractivity contribution is -0.151. The quantitative estimate of drug-likeness (QED) is 0.642. The third-order valence-corrected chi connectivity index (χ3v) is 3.02. The van der Waals surface area contributed by atoms with E-state index in [0.717, 1.165) is 5.56 Å². The Morgan fingerprint density at radius 3 is 2.21 bits per heavy atom. The van der Waals surface area contributed by atoms with Gasteiger partial charge in [0.2, 0.25) is 0 Å². The summed E-state index contributed by atoms with van der Waals surface area (Å²) in [7, 11) is 0. The summed E-state index contributed by atoms with van der Waals surface area (Å²) in [5.41, 5.74) is 1.06. The van der Waals surface area contributed by atoms with Gasteiger partial charge in [-0.25, -0.2) is 0 Å². The first-order chi connectivity index (χ1) is 9.17. The third-order valence-electron chi connectivity index (χ3n) is 3.02. The zero-order chi connectivity index (χ0) is 14.1. The molecule has 19 heavy (non-hydrogen) atoms. The van der Waals surface area contributed by atoms with Gasteiger partial charge in [0.15, 0.2) is 6.29 Å². The van der Waals surface area contributed by atoms with Crippen LogP contribution in [0.4, 0.5) is 0 Å². The van der Waals surface area contributed by atoms with E-state index in [1.807, 2.05) is 51.1 Å². The summed E-state index contributed by atoms with van der Waals surface area (Å²) in [6, 6.07) is 9.82. The normalized spacial score (nSPS) is 12.6. The lowest BCUT2D eigenvalue weighted by Crippen LogP contribution is -2.25. The van der Waals surface area contributed by atoms with Gasteiger partial charge < -0.3 is 9.47 Å². The maximum atomic E-state index is 12.1. The van der Waals surface area contributed by atoms with Crippen LogP contribution >= 0.6 is 0 Å². The van der Waals surface area contributed by atoms with Gasteiger partial charge >= 0.3 is 0 Å². The van der Waals surface area contributed by atoms with E-state index in [1.54, 1.807) is 0 Å². The van der Waals surface area contributed by atoms with Gasteiger partial charge in [0, 0.05) is 32.0 Å². The molecule has 0 spiro atoms. The number of carbonyl (C=O) groups is 1. The minimum atomic E-state index is -0.273. The molecule has 3 nitrogen and oxygen atoms in total. The summed E-state index contributed by atoms with van der Waals surface area (Å²) in [5.74, 6) is 0.180. The molecule has 1 unspecified atom stereocenters. The lowest BCUT2D eigenvalue weighted by Gasteiger charge is -2.20. The SMILES string of the molecule is CCOC(CC(C)C(=O)Cc1ccccc1)OCC. The van der Waals surface area contributed by atoms with E-state index in [2.05, 4.69) is 0 Å². The molecule has 0 radical (unpaired) electrons. The molecule has 0 fully saturated rings. The van der Waals surface area contributed by atoms with E-state index in [-0.39, 0.29) is 18.0 Å². The fourth-order valence-electron chi connectivity index (χ4n) is 1.95. The standard InChI is InChI=1S/C16H24O3/c1-4-18-16(19-5-2)11-13(3)15(17)12-14-9-7-6-8-10-14/h6-10,13,16H,4-5,11-12H2,1-3H3. The highest BCUT2D eigenvalue weighted by Crippen LogP contribution is 2.14. The number of benzene rings is 1. The second-order valence-electron chi connectivity index (χ2n) is 4.61. The van der Waals surface area contributed by atoms with Crippen molar-refractivity contribution in [3.05, 3.63) is 35.9 Å². The van der Waals surface area contributed by atoms with E-state index in [1.165, 1.54) is 0 Å². The number of hydrogen-bond acceptors (Lipinski definition) is 3. The minimum absolute atomic E-state index is 0.0525. The van der Waals surface area contributed by atoms with Crippen LogP contribution in [0.2, 0.25) is 0 Å². The van der Waals surface area contributed by atoms with Gasteiger partial charge in [-0.2, -0.15) is 0 Å². The first-order valence-corrected chi connectivity index (χ1v) is 6.97. The third kappa shape index (κ3) is 5.99. The predicted octanol–water partition coefficient (Wildman–Crippen LogP) is 3.22. The molecule has 0 amide bonds. The van der Waals surface area contributed by atoms with Crippen molar-refractivity contribution in [3.8, 4) is 0 Å². The molecule has 0 aliphatic rings. The van der Waals surface area contributed by atoms with Gasteiger partial charge in [-0.1, -0.05) is 37.3 Å². The molecule has 0 aromatic heterocycles. The molecule has 1 aromatic rings.